The van der Waals surface area contributed by atoms with Gasteiger partial charge in [-0.15, -0.1) is 13.2 Å². The highest BCUT2D eigenvalue weighted by atomic mass is 35.5. The molecule has 5 nitrogen and oxygen atoms in total. The molecule has 0 bridgehead atoms. The summed E-state index contributed by atoms with van der Waals surface area (Å²) in [5.41, 5.74) is -0.435. The molecule has 2 aromatic rings. The molecule has 1 aliphatic rings. The maximum absolute atomic E-state index is 12.7. The number of rotatable bonds is 4. The Hall–Kier alpha value is -2.95. The minimum atomic E-state index is -4.78. The van der Waals surface area contributed by atoms with Crippen LogP contribution in [0.2, 0.25) is 5.02 Å². The van der Waals surface area contributed by atoms with Crippen LogP contribution in [0, 0.1) is 0 Å². The van der Waals surface area contributed by atoms with E-state index in [1.807, 2.05) is 0 Å². The summed E-state index contributed by atoms with van der Waals surface area (Å²) in [5.74, 6) is -0.470. The van der Waals surface area contributed by atoms with Crippen LogP contribution in [0.5, 0.6) is 5.75 Å². The minimum Gasteiger partial charge on any atom is -0.406 e. The van der Waals surface area contributed by atoms with Crippen LogP contribution in [0.15, 0.2) is 42.6 Å². The molecule has 172 valence electrons. The van der Waals surface area contributed by atoms with Gasteiger partial charge in [0, 0.05) is 38.5 Å². The Morgan fingerprint density at radius 1 is 1.03 bits per heavy atom. The van der Waals surface area contributed by atoms with Gasteiger partial charge >= 0.3 is 12.5 Å². The number of hydrogen-bond acceptors (Lipinski definition) is 4. The Labute approximate surface area is 183 Å². The van der Waals surface area contributed by atoms with E-state index in [2.05, 4.69) is 9.72 Å². The first-order chi connectivity index (χ1) is 14.9. The van der Waals surface area contributed by atoms with Gasteiger partial charge in [0.1, 0.15) is 11.6 Å². The summed E-state index contributed by atoms with van der Waals surface area (Å²) in [4.78, 5) is 19.4. The predicted molar refractivity (Wildman–Crippen MR) is 105 cm³/mol. The fraction of sp³-hybridized carbons (Fsp3) is 0.300. The van der Waals surface area contributed by atoms with Crippen molar-refractivity contribution in [3.8, 4) is 5.75 Å². The molecule has 0 saturated carbocycles. The van der Waals surface area contributed by atoms with E-state index >= 15 is 0 Å². The smallest absolute Gasteiger partial charge is 0.406 e. The Balaban J connectivity index is 1.55. The second kappa shape index (κ2) is 9.27. The van der Waals surface area contributed by atoms with Crippen LogP contribution in [-0.4, -0.2) is 48.3 Å². The van der Waals surface area contributed by atoms with Crippen molar-refractivity contribution in [2.24, 2.45) is 0 Å². The van der Waals surface area contributed by atoms with Gasteiger partial charge in [-0.3, -0.25) is 4.79 Å². The van der Waals surface area contributed by atoms with Gasteiger partial charge in [0.25, 0.3) is 0 Å². The molecule has 0 N–H and O–H groups in total. The average Bonchev–Trinajstić information content (AvgIpc) is 2.71. The van der Waals surface area contributed by atoms with Crippen molar-refractivity contribution in [1.29, 1.82) is 0 Å². The Morgan fingerprint density at radius 3 is 2.19 bits per heavy atom. The highest BCUT2D eigenvalue weighted by molar-refractivity contribution is 6.33. The number of alkyl halides is 6. The summed E-state index contributed by atoms with van der Waals surface area (Å²) < 4.78 is 78.6. The Kier molecular flexibility index (Phi) is 6.87. The minimum absolute atomic E-state index is 0.127. The van der Waals surface area contributed by atoms with Crippen molar-refractivity contribution in [2.75, 3.05) is 31.1 Å². The second-order valence-corrected chi connectivity index (χ2v) is 7.20. The number of ether oxygens (including phenoxy) is 1. The SMILES string of the molecule is O=C(/C=C/c1ccc(OC(F)(F)F)cc1)N1CCN(c2ncc(C(F)(F)F)cc2Cl)CC1. The molecule has 1 amide bonds. The zero-order chi connectivity index (χ0) is 23.5. The first kappa shape index (κ1) is 23.7. The number of aromatic nitrogens is 1. The number of nitrogens with zero attached hydrogens (tertiary/aromatic N) is 3. The zero-order valence-electron chi connectivity index (χ0n) is 16.3. The number of benzene rings is 1. The van der Waals surface area contributed by atoms with Gasteiger partial charge in [0.15, 0.2) is 0 Å². The molecule has 0 radical (unpaired) electrons. The summed E-state index contributed by atoms with van der Waals surface area (Å²) in [5, 5.41) is -0.127. The average molecular weight is 480 g/mol. The first-order valence-electron chi connectivity index (χ1n) is 9.23. The summed E-state index contributed by atoms with van der Waals surface area (Å²) >= 11 is 5.96. The highest BCUT2D eigenvalue weighted by Gasteiger charge is 2.33. The molecule has 1 aromatic heterocycles. The Morgan fingerprint density at radius 2 is 1.66 bits per heavy atom. The Bertz CT molecular complexity index is 984. The van der Waals surface area contributed by atoms with E-state index in [0.717, 1.165) is 18.2 Å². The van der Waals surface area contributed by atoms with Gasteiger partial charge in [0.05, 0.1) is 10.6 Å². The van der Waals surface area contributed by atoms with Crippen molar-refractivity contribution in [3.63, 3.8) is 0 Å². The molecule has 1 saturated heterocycles. The van der Waals surface area contributed by atoms with Crippen molar-refractivity contribution in [2.45, 2.75) is 12.5 Å². The van der Waals surface area contributed by atoms with E-state index < -0.39 is 18.1 Å². The molecule has 1 aromatic carbocycles. The molecular formula is C20H16ClF6N3O2. The summed E-state index contributed by atoms with van der Waals surface area (Å²) in [6.07, 6.45) is -5.86. The lowest BCUT2D eigenvalue weighted by Crippen LogP contribution is -2.48. The van der Waals surface area contributed by atoms with Crippen LogP contribution in [0.25, 0.3) is 6.08 Å². The van der Waals surface area contributed by atoms with Gasteiger partial charge in [-0.2, -0.15) is 13.2 Å². The maximum Gasteiger partial charge on any atom is 0.573 e. The van der Waals surface area contributed by atoms with Crippen molar-refractivity contribution in [1.82, 2.24) is 9.88 Å². The number of amides is 1. The van der Waals surface area contributed by atoms with E-state index in [1.165, 1.54) is 29.2 Å². The van der Waals surface area contributed by atoms with Crippen molar-refractivity contribution in [3.05, 3.63) is 58.8 Å². The number of piperazine rings is 1. The molecule has 32 heavy (non-hydrogen) atoms. The lowest BCUT2D eigenvalue weighted by molar-refractivity contribution is -0.274. The highest BCUT2D eigenvalue weighted by Crippen LogP contribution is 2.33. The molecule has 1 fully saturated rings. The maximum atomic E-state index is 12.7. The second-order valence-electron chi connectivity index (χ2n) is 6.79. The van der Waals surface area contributed by atoms with Gasteiger partial charge in [0.2, 0.25) is 5.91 Å². The van der Waals surface area contributed by atoms with Gasteiger partial charge in [-0.1, -0.05) is 23.7 Å². The quantitative estimate of drug-likeness (QED) is 0.456. The predicted octanol–water partition coefficient (Wildman–Crippen LogP) is 5.01. The first-order valence-corrected chi connectivity index (χ1v) is 9.61. The van der Waals surface area contributed by atoms with Crippen LogP contribution in [0.3, 0.4) is 0 Å². The van der Waals surface area contributed by atoms with E-state index in [4.69, 9.17) is 11.6 Å². The third-order valence-corrected chi connectivity index (χ3v) is 4.85. The van der Waals surface area contributed by atoms with Crippen LogP contribution < -0.4 is 9.64 Å². The number of hydrogen-bond donors (Lipinski definition) is 0. The van der Waals surface area contributed by atoms with Crippen molar-refractivity contribution < 1.29 is 35.9 Å². The standard InChI is InChI=1S/C20H16ClF6N3O2/c21-16-11-14(19(22,23)24)12-28-18(16)30-9-7-29(8-10-30)17(31)6-3-13-1-4-15(5-2-13)32-20(25,26)27/h1-6,11-12H,7-10H2/b6-3+. The van der Waals surface area contributed by atoms with Gasteiger partial charge < -0.3 is 14.5 Å². The fourth-order valence-corrected chi connectivity index (χ4v) is 3.30. The molecule has 2 heterocycles. The van der Waals surface area contributed by atoms with Crippen LogP contribution in [0.1, 0.15) is 11.1 Å². The lowest BCUT2D eigenvalue weighted by Gasteiger charge is -2.35. The topological polar surface area (TPSA) is 45.7 Å². The monoisotopic (exact) mass is 479 g/mol. The third-order valence-electron chi connectivity index (χ3n) is 4.57. The van der Waals surface area contributed by atoms with E-state index in [1.54, 1.807) is 4.90 Å². The van der Waals surface area contributed by atoms with Crippen LogP contribution in [0.4, 0.5) is 32.2 Å². The number of pyridine rings is 1. The molecular weight excluding hydrogens is 464 g/mol. The molecule has 3 rings (SSSR count). The van der Waals surface area contributed by atoms with Gasteiger partial charge in [-0.25, -0.2) is 4.98 Å². The molecule has 0 atom stereocenters. The van der Waals surface area contributed by atoms with Gasteiger partial charge in [-0.05, 0) is 29.8 Å². The van der Waals surface area contributed by atoms with Crippen LogP contribution in [-0.2, 0) is 11.0 Å². The van der Waals surface area contributed by atoms with Crippen LogP contribution >= 0.6 is 11.6 Å². The molecule has 12 heteroatoms. The number of carbonyl (C=O) groups is 1. The third kappa shape index (κ3) is 6.28. The largest absolute Gasteiger partial charge is 0.573 e. The molecule has 0 spiro atoms. The van der Waals surface area contributed by atoms with Crippen molar-refractivity contribution >= 4 is 29.4 Å². The lowest BCUT2D eigenvalue weighted by atomic mass is 10.2. The number of halogens is 7. The normalized spacial score (nSPS) is 15.3. The van der Waals surface area contributed by atoms with E-state index in [-0.39, 0.29) is 22.5 Å². The van der Waals surface area contributed by atoms with E-state index in [9.17, 15) is 31.1 Å². The van der Waals surface area contributed by atoms with E-state index in [0.29, 0.717) is 37.9 Å². The number of anilines is 1. The molecule has 0 unspecified atom stereocenters. The summed E-state index contributed by atoms with van der Waals surface area (Å²) in [7, 11) is 0. The fourth-order valence-electron chi connectivity index (χ4n) is 3.01. The summed E-state index contributed by atoms with van der Waals surface area (Å²) in [6.45, 7) is 1.23. The summed E-state index contributed by atoms with van der Waals surface area (Å²) in [6, 6.07) is 5.84. The molecule has 1 aliphatic heterocycles. The number of carbonyl (C=O) groups excluding carboxylic acids is 1. The zero-order valence-corrected chi connectivity index (χ0v) is 17.0. The molecule has 0 aliphatic carbocycles.